The Kier molecular flexibility index (Phi) is 5.77. The first-order valence-corrected chi connectivity index (χ1v) is 10.3. The number of amides is 1. The van der Waals surface area contributed by atoms with Crippen molar-refractivity contribution in [2.75, 3.05) is 18.4 Å². The zero-order chi connectivity index (χ0) is 19.2. The summed E-state index contributed by atoms with van der Waals surface area (Å²) in [6.07, 6.45) is 7.36. The first kappa shape index (κ1) is 18.4. The number of nitrogens with zero attached hydrogens (tertiary/aromatic N) is 3. The fraction of sp³-hybridized carbons (Fsp3) is 0.227. The summed E-state index contributed by atoms with van der Waals surface area (Å²) < 4.78 is 0. The summed E-state index contributed by atoms with van der Waals surface area (Å²) in [5, 5.41) is 6.16. The number of benzene rings is 1. The number of pyridine rings is 1. The van der Waals surface area contributed by atoms with Gasteiger partial charge in [-0.25, -0.2) is 9.97 Å². The fourth-order valence-corrected chi connectivity index (χ4v) is 4.13. The third kappa shape index (κ3) is 4.64. The molecule has 1 aliphatic rings. The molecule has 1 saturated heterocycles. The van der Waals surface area contributed by atoms with E-state index in [1.165, 1.54) is 0 Å². The predicted octanol–water partition coefficient (Wildman–Crippen LogP) is 4.70. The second-order valence-corrected chi connectivity index (χ2v) is 7.64. The lowest BCUT2D eigenvalue weighted by molar-refractivity contribution is -0.127. The molecular weight excluding hydrogens is 368 g/mol. The van der Waals surface area contributed by atoms with Crippen molar-refractivity contribution >= 4 is 34.3 Å². The minimum atomic E-state index is 0.0654. The molecule has 1 amide bonds. The lowest BCUT2D eigenvalue weighted by atomic mass is 9.95. The SMILES string of the molecule is O=C(/C=C/c1ccccc1)N1CCCC(c2csc(Nc3ccccn3)n2)C1. The Morgan fingerprint density at radius 3 is 2.86 bits per heavy atom. The Hall–Kier alpha value is -2.99. The molecule has 0 spiro atoms. The molecule has 0 bridgehead atoms. The van der Waals surface area contributed by atoms with Gasteiger partial charge >= 0.3 is 0 Å². The Balaban J connectivity index is 1.38. The van der Waals surface area contributed by atoms with Crippen molar-refractivity contribution in [2.45, 2.75) is 18.8 Å². The van der Waals surface area contributed by atoms with Crippen LogP contribution in [-0.2, 0) is 4.79 Å². The Bertz CT molecular complexity index is 939. The normalized spacial score (nSPS) is 17.0. The van der Waals surface area contributed by atoms with Crippen LogP contribution in [0, 0.1) is 0 Å². The van der Waals surface area contributed by atoms with Crippen LogP contribution >= 0.6 is 11.3 Å². The molecule has 1 fully saturated rings. The molecule has 1 N–H and O–H groups in total. The van der Waals surface area contributed by atoms with Crippen LogP contribution in [0.25, 0.3) is 6.08 Å². The standard InChI is InChI=1S/C22H22N4OS/c27-21(12-11-17-7-2-1-3-8-17)26-14-6-9-18(15-26)19-16-28-22(24-19)25-20-10-4-5-13-23-20/h1-5,7-8,10-13,16,18H,6,9,14-15H2,(H,23,24,25)/b12-11+. The number of anilines is 2. The number of rotatable bonds is 5. The topological polar surface area (TPSA) is 58.1 Å². The molecule has 0 saturated carbocycles. The summed E-state index contributed by atoms with van der Waals surface area (Å²) in [4.78, 5) is 23.5. The number of carbonyl (C=O) groups is 1. The van der Waals surface area contributed by atoms with Crippen LogP contribution < -0.4 is 5.32 Å². The molecule has 1 unspecified atom stereocenters. The van der Waals surface area contributed by atoms with Gasteiger partial charge in [-0.2, -0.15) is 0 Å². The molecule has 5 nitrogen and oxygen atoms in total. The molecule has 3 heterocycles. The van der Waals surface area contributed by atoms with Gasteiger partial charge in [-0.3, -0.25) is 4.79 Å². The Morgan fingerprint density at radius 1 is 1.18 bits per heavy atom. The van der Waals surface area contributed by atoms with Gasteiger partial charge in [-0.05, 0) is 36.6 Å². The van der Waals surface area contributed by atoms with E-state index in [1.54, 1.807) is 23.6 Å². The van der Waals surface area contributed by atoms with Gasteiger partial charge in [0.05, 0.1) is 5.69 Å². The molecule has 28 heavy (non-hydrogen) atoms. The zero-order valence-corrected chi connectivity index (χ0v) is 16.3. The third-order valence-electron chi connectivity index (χ3n) is 4.79. The minimum Gasteiger partial charge on any atom is -0.338 e. The highest BCUT2D eigenvalue weighted by molar-refractivity contribution is 7.13. The summed E-state index contributed by atoms with van der Waals surface area (Å²) in [7, 11) is 0. The number of hydrogen-bond donors (Lipinski definition) is 1. The van der Waals surface area contributed by atoms with Crippen LogP contribution in [0.15, 0.2) is 66.2 Å². The van der Waals surface area contributed by atoms with Crippen molar-refractivity contribution in [1.82, 2.24) is 14.9 Å². The van der Waals surface area contributed by atoms with E-state index in [0.29, 0.717) is 6.54 Å². The van der Waals surface area contributed by atoms with Crippen LogP contribution in [0.5, 0.6) is 0 Å². The summed E-state index contributed by atoms with van der Waals surface area (Å²) in [5.41, 5.74) is 2.09. The number of thiazole rings is 1. The molecule has 1 aromatic carbocycles. The Labute approximate surface area is 168 Å². The average Bonchev–Trinajstić information content (AvgIpc) is 3.22. The number of piperidine rings is 1. The highest BCUT2D eigenvalue weighted by Crippen LogP contribution is 2.30. The van der Waals surface area contributed by atoms with Crippen LogP contribution in [0.4, 0.5) is 10.9 Å². The van der Waals surface area contributed by atoms with Crippen molar-refractivity contribution in [3.8, 4) is 0 Å². The first-order valence-electron chi connectivity index (χ1n) is 9.43. The smallest absolute Gasteiger partial charge is 0.246 e. The van der Waals surface area contributed by atoms with Crippen molar-refractivity contribution < 1.29 is 4.79 Å². The van der Waals surface area contributed by atoms with Gasteiger partial charge < -0.3 is 10.2 Å². The molecule has 0 radical (unpaired) electrons. The van der Waals surface area contributed by atoms with Gasteiger partial charge in [-0.1, -0.05) is 36.4 Å². The molecular formula is C22H22N4OS. The van der Waals surface area contributed by atoms with Crippen LogP contribution in [0.2, 0.25) is 0 Å². The summed E-state index contributed by atoms with van der Waals surface area (Å²) in [5.74, 6) is 1.13. The second kappa shape index (κ2) is 8.80. The third-order valence-corrected chi connectivity index (χ3v) is 5.57. The Morgan fingerprint density at radius 2 is 2.04 bits per heavy atom. The molecule has 2 aromatic heterocycles. The number of carbonyl (C=O) groups excluding carboxylic acids is 1. The molecule has 1 aliphatic heterocycles. The summed E-state index contributed by atoms with van der Waals surface area (Å²) in [6, 6.07) is 15.7. The number of nitrogens with one attached hydrogen (secondary N) is 1. The predicted molar refractivity (Wildman–Crippen MR) is 114 cm³/mol. The van der Waals surface area contributed by atoms with Gasteiger partial charge in [-0.15, -0.1) is 11.3 Å². The largest absolute Gasteiger partial charge is 0.338 e. The maximum atomic E-state index is 12.6. The summed E-state index contributed by atoms with van der Waals surface area (Å²) in [6.45, 7) is 1.52. The maximum absolute atomic E-state index is 12.6. The molecule has 1 atom stereocenters. The van der Waals surface area contributed by atoms with Gasteiger partial charge in [0.25, 0.3) is 0 Å². The van der Waals surface area contributed by atoms with Crippen LogP contribution in [0.3, 0.4) is 0 Å². The van der Waals surface area contributed by atoms with Gasteiger partial charge in [0.15, 0.2) is 5.13 Å². The maximum Gasteiger partial charge on any atom is 0.246 e. The lowest BCUT2D eigenvalue weighted by Crippen LogP contribution is -2.38. The van der Waals surface area contributed by atoms with Crippen molar-refractivity contribution in [1.29, 1.82) is 0 Å². The van der Waals surface area contributed by atoms with E-state index >= 15 is 0 Å². The van der Waals surface area contributed by atoms with Gasteiger partial charge in [0, 0.05) is 36.7 Å². The molecule has 6 heteroatoms. The monoisotopic (exact) mass is 390 g/mol. The zero-order valence-electron chi connectivity index (χ0n) is 15.5. The lowest BCUT2D eigenvalue weighted by Gasteiger charge is -2.31. The van der Waals surface area contributed by atoms with Gasteiger partial charge in [0.1, 0.15) is 5.82 Å². The quantitative estimate of drug-likeness (QED) is 0.642. The van der Waals surface area contributed by atoms with E-state index in [2.05, 4.69) is 15.7 Å². The minimum absolute atomic E-state index is 0.0654. The number of likely N-dealkylation sites (tertiary alicyclic amines) is 1. The fourth-order valence-electron chi connectivity index (χ4n) is 3.33. The van der Waals surface area contributed by atoms with Crippen molar-refractivity contribution in [2.24, 2.45) is 0 Å². The number of aromatic nitrogens is 2. The first-order chi connectivity index (χ1) is 13.8. The molecule has 142 valence electrons. The van der Waals surface area contributed by atoms with E-state index in [-0.39, 0.29) is 11.8 Å². The van der Waals surface area contributed by atoms with Crippen molar-refractivity contribution in [3.05, 3.63) is 77.4 Å². The van der Waals surface area contributed by atoms with Crippen LogP contribution in [-0.4, -0.2) is 33.9 Å². The van der Waals surface area contributed by atoms with Gasteiger partial charge in [0.2, 0.25) is 5.91 Å². The van der Waals surface area contributed by atoms with E-state index in [4.69, 9.17) is 4.98 Å². The van der Waals surface area contributed by atoms with Crippen LogP contribution in [0.1, 0.15) is 30.0 Å². The average molecular weight is 391 g/mol. The second-order valence-electron chi connectivity index (χ2n) is 6.78. The molecule has 0 aliphatic carbocycles. The van der Waals surface area contributed by atoms with E-state index in [9.17, 15) is 4.79 Å². The van der Waals surface area contributed by atoms with E-state index in [1.807, 2.05) is 59.5 Å². The summed E-state index contributed by atoms with van der Waals surface area (Å²) >= 11 is 1.58. The number of hydrogen-bond acceptors (Lipinski definition) is 5. The van der Waals surface area contributed by atoms with E-state index < -0.39 is 0 Å². The van der Waals surface area contributed by atoms with E-state index in [0.717, 1.165) is 41.6 Å². The highest BCUT2D eigenvalue weighted by atomic mass is 32.1. The molecule has 4 rings (SSSR count). The van der Waals surface area contributed by atoms with Crippen molar-refractivity contribution in [3.63, 3.8) is 0 Å². The highest BCUT2D eigenvalue weighted by Gasteiger charge is 2.25. The molecule has 3 aromatic rings.